The molecule has 0 N–H and O–H groups in total. The van der Waals surface area contributed by atoms with Gasteiger partial charge in [0, 0.05) is 5.56 Å². The van der Waals surface area contributed by atoms with Crippen LogP contribution in [0.3, 0.4) is 0 Å². The maximum absolute atomic E-state index is 8.86. The molecule has 16 heavy (non-hydrogen) atoms. The Balaban J connectivity index is 3.19. The highest BCUT2D eigenvalue weighted by Crippen LogP contribution is 2.22. The van der Waals surface area contributed by atoms with Crippen molar-refractivity contribution in [2.45, 2.75) is 11.8 Å². The van der Waals surface area contributed by atoms with Crippen molar-refractivity contribution in [2.75, 3.05) is 0 Å². The molecule has 1 aromatic carbocycles. The Labute approximate surface area is 93.2 Å². The number of rotatable bonds is 2. The van der Waals surface area contributed by atoms with Gasteiger partial charge >= 0.3 is 0 Å². The normalized spacial score (nSPS) is 9.25. The molecule has 0 fully saturated rings. The third-order valence-electron chi connectivity index (χ3n) is 2.17. The second kappa shape index (κ2) is 4.61. The van der Waals surface area contributed by atoms with Gasteiger partial charge in [0.1, 0.15) is 18.2 Å². The lowest BCUT2D eigenvalue weighted by Crippen LogP contribution is -2.18. The van der Waals surface area contributed by atoms with Crippen molar-refractivity contribution in [2.24, 2.45) is 0 Å². The van der Waals surface area contributed by atoms with Gasteiger partial charge in [0.2, 0.25) is 0 Å². The van der Waals surface area contributed by atoms with Gasteiger partial charge in [-0.25, -0.2) is 0 Å². The summed E-state index contributed by atoms with van der Waals surface area (Å²) >= 11 is 0. The van der Waals surface area contributed by atoms with E-state index in [0.717, 1.165) is 5.56 Å². The van der Waals surface area contributed by atoms with E-state index in [2.05, 4.69) is 0 Å². The van der Waals surface area contributed by atoms with Gasteiger partial charge in [-0.15, -0.1) is 0 Å². The molecule has 4 nitrogen and oxygen atoms in total. The monoisotopic (exact) mass is 206 g/mol. The minimum Gasteiger partial charge on any atom is -0.198 e. The summed E-state index contributed by atoms with van der Waals surface area (Å²) in [7, 11) is 0. The van der Waals surface area contributed by atoms with Crippen molar-refractivity contribution >= 4 is 0 Å². The highest BCUT2D eigenvalue weighted by atomic mass is 14.4. The van der Waals surface area contributed by atoms with Gasteiger partial charge in [0.25, 0.3) is 5.41 Å². The molecule has 1 rings (SSSR count). The van der Waals surface area contributed by atoms with Crippen LogP contribution in [-0.2, 0) is 11.8 Å². The zero-order chi connectivity index (χ0) is 12.0. The second-order valence-corrected chi connectivity index (χ2v) is 3.12. The van der Waals surface area contributed by atoms with Crippen molar-refractivity contribution < 1.29 is 0 Å². The highest BCUT2D eigenvalue weighted by Gasteiger charge is 2.32. The van der Waals surface area contributed by atoms with Crippen molar-refractivity contribution in [3.63, 3.8) is 0 Å². The molecule has 0 atom stereocenters. The fourth-order valence-electron chi connectivity index (χ4n) is 1.23. The molecule has 0 saturated heterocycles. The summed E-state index contributed by atoms with van der Waals surface area (Å²) in [4.78, 5) is 0. The van der Waals surface area contributed by atoms with Crippen LogP contribution in [0.4, 0.5) is 0 Å². The van der Waals surface area contributed by atoms with E-state index in [-0.39, 0.29) is 6.42 Å². The minimum atomic E-state index is -1.76. The Kier molecular flexibility index (Phi) is 3.24. The maximum atomic E-state index is 8.86. The molecule has 0 bridgehead atoms. The average molecular weight is 206 g/mol. The molecule has 1 aromatic rings. The molecule has 0 heterocycles. The van der Waals surface area contributed by atoms with E-state index >= 15 is 0 Å². The summed E-state index contributed by atoms with van der Waals surface area (Å²) in [5.41, 5.74) is -0.638. The first-order chi connectivity index (χ1) is 7.72. The second-order valence-electron chi connectivity index (χ2n) is 3.12. The molecule has 74 valence electrons. The van der Waals surface area contributed by atoms with Crippen LogP contribution in [0.5, 0.6) is 0 Å². The van der Waals surface area contributed by atoms with Crippen LogP contribution in [0.25, 0.3) is 0 Å². The number of nitrogens with zero attached hydrogens (tertiary/aromatic N) is 4. The Morgan fingerprint density at radius 3 is 1.75 bits per heavy atom. The van der Waals surface area contributed by atoms with E-state index < -0.39 is 5.41 Å². The highest BCUT2D eigenvalue weighted by molar-refractivity contribution is 5.48. The van der Waals surface area contributed by atoms with E-state index in [4.69, 9.17) is 21.0 Å². The van der Waals surface area contributed by atoms with Crippen LogP contribution in [0.1, 0.15) is 11.1 Å². The first-order valence-corrected chi connectivity index (χ1v) is 4.42. The Hall–Kier alpha value is -2.82. The van der Waals surface area contributed by atoms with Crippen LogP contribution in [0.15, 0.2) is 24.3 Å². The fraction of sp³-hybridized carbons (Fsp3) is 0.167. The van der Waals surface area contributed by atoms with E-state index in [0.29, 0.717) is 5.56 Å². The molecular weight excluding hydrogens is 200 g/mol. The summed E-state index contributed by atoms with van der Waals surface area (Å²) in [6.07, 6.45) is 0.263. The van der Waals surface area contributed by atoms with Crippen LogP contribution >= 0.6 is 0 Å². The predicted octanol–water partition coefficient (Wildman–Crippen LogP) is 1.56. The summed E-state index contributed by atoms with van der Waals surface area (Å²) in [5.74, 6) is 0. The van der Waals surface area contributed by atoms with Crippen LogP contribution < -0.4 is 0 Å². The van der Waals surface area contributed by atoms with Gasteiger partial charge in [-0.1, -0.05) is 24.3 Å². The van der Waals surface area contributed by atoms with Gasteiger partial charge in [-0.3, -0.25) is 0 Å². The topological polar surface area (TPSA) is 95.2 Å². The third-order valence-corrected chi connectivity index (χ3v) is 2.17. The maximum Gasteiger partial charge on any atom is 0.253 e. The molecule has 4 heteroatoms. The number of benzene rings is 1. The molecule has 0 saturated carbocycles. The van der Waals surface area contributed by atoms with Gasteiger partial charge < -0.3 is 0 Å². The van der Waals surface area contributed by atoms with Gasteiger partial charge in [-0.05, 0) is 5.56 Å². The largest absolute Gasteiger partial charge is 0.253 e. The lowest BCUT2D eigenvalue weighted by Gasteiger charge is -2.09. The SMILES string of the molecule is N#CCc1ccc(C(C#N)(C#N)C#N)cc1. The van der Waals surface area contributed by atoms with Crippen molar-refractivity contribution in [3.8, 4) is 24.3 Å². The number of nitriles is 4. The number of hydrogen-bond acceptors (Lipinski definition) is 4. The Bertz CT molecular complexity index is 507. The van der Waals surface area contributed by atoms with E-state index in [1.165, 1.54) is 12.1 Å². The minimum absolute atomic E-state index is 0.263. The van der Waals surface area contributed by atoms with E-state index in [1.807, 2.05) is 6.07 Å². The van der Waals surface area contributed by atoms with Gasteiger partial charge in [-0.2, -0.15) is 21.0 Å². The molecule has 0 aromatic heterocycles. The average Bonchev–Trinajstić information content (AvgIpc) is 2.34. The molecule has 0 unspecified atom stereocenters. The molecule has 0 aliphatic rings. The third kappa shape index (κ3) is 1.83. The van der Waals surface area contributed by atoms with Crippen LogP contribution in [0, 0.1) is 45.3 Å². The van der Waals surface area contributed by atoms with E-state index in [1.54, 1.807) is 30.3 Å². The quantitative estimate of drug-likeness (QED) is 0.733. The first kappa shape index (κ1) is 11.3. The Morgan fingerprint density at radius 2 is 1.38 bits per heavy atom. The number of hydrogen-bond donors (Lipinski definition) is 0. The summed E-state index contributed by atoms with van der Waals surface area (Å²) in [5, 5.41) is 35.0. The zero-order valence-electron chi connectivity index (χ0n) is 8.31. The molecule has 0 aliphatic heterocycles. The molecular formula is C12H6N4. The molecule has 0 spiro atoms. The standard InChI is InChI=1S/C12H6N4/c13-6-5-10-1-3-11(4-2-10)12(7-14,8-15)9-16/h1-4H,5H2. The van der Waals surface area contributed by atoms with Crippen molar-refractivity contribution in [1.29, 1.82) is 21.0 Å². The van der Waals surface area contributed by atoms with Crippen LogP contribution in [-0.4, -0.2) is 0 Å². The lowest BCUT2D eigenvalue weighted by molar-refractivity contribution is 0.904. The molecule has 0 aliphatic carbocycles. The fourth-order valence-corrected chi connectivity index (χ4v) is 1.23. The van der Waals surface area contributed by atoms with E-state index in [9.17, 15) is 0 Å². The molecule has 0 radical (unpaired) electrons. The van der Waals surface area contributed by atoms with Crippen molar-refractivity contribution in [1.82, 2.24) is 0 Å². The predicted molar refractivity (Wildman–Crippen MR) is 54.3 cm³/mol. The molecule has 0 amide bonds. The zero-order valence-corrected chi connectivity index (χ0v) is 8.31. The van der Waals surface area contributed by atoms with Gasteiger partial charge in [0.15, 0.2) is 0 Å². The Morgan fingerprint density at radius 1 is 0.875 bits per heavy atom. The summed E-state index contributed by atoms with van der Waals surface area (Å²) < 4.78 is 0. The van der Waals surface area contributed by atoms with Crippen molar-refractivity contribution in [3.05, 3.63) is 35.4 Å². The lowest BCUT2D eigenvalue weighted by atomic mass is 9.84. The smallest absolute Gasteiger partial charge is 0.198 e. The summed E-state index contributed by atoms with van der Waals surface area (Å²) in [6.45, 7) is 0. The first-order valence-electron chi connectivity index (χ1n) is 4.42. The van der Waals surface area contributed by atoms with Gasteiger partial charge in [0.05, 0.1) is 12.5 Å². The van der Waals surface area contributed by atoms with Crippen LogP contribution in [0.2, 0.25) is 0 Å². The summed E-state index contributed by atoms with van der Waals surface area (Å²) in [6, 6.07) is 13.4.